The zero-order chi connectivity index (χ0) is 23.8. The Morgan fingerprint density at radius 2 is 1.41 bits per heavy atom. The van der Waals surface area contributed by atoms with Gasteiger partial charge in [0.1, 0.15) is 6.04 Å². The molecule has 0 saturated carbocycles. The first kappa shape index (κ1) is 23.5. The van der Waals surface area contributed by atoms with Crippen molar-refractivity contribution < 1.29 is 14.3 Å². The predicted octanol–water partition coefficient (Wildman–Crippen LogP) is 4.06. The Morgan fingerprint density at radius 1 is 0.824 bits per heavy atom. The lowest BCUT2D eigenvalue weighted by atomic mass is 10.1. The first-order chi connectivity index (χ1) is 16.6. The molecule has 1 atom stereocenters. The van der Waals surface area contributed by atoms with Crippen LogP contribution in [0.3, 0.4) is 0 Å². The van der Waals surface area contributed by atoms with E-state index in [0.29, 0.717) is 25.4 Å². The molecule has 1 heterocycles. The maximum atomic E-state index is 13.2. The summed E-state index contributed by atoms with van der Waals surface area (Å²) in [5.74, 6) is -0.208. The molecular formula is C27H30N4O3. The molecule has 3 aromatic carbocycles. The zero-order valence-corrected chi connectivity index (χ0v) is 19.3. The molecule has 2 amide bonds. The van der Waals surface area contributed by atoms with Crippen LogP contribution in [0.1, 0.15) is 17.2 Å². The third kappa shape index (κ3) is 6.66. The Hall–Kier alpha value is -3.68. The van der Waals surface area contributed by atoms with E-state index in [1.807, 2.05) is 85.8 Å². The summed E-state index contributed by atoms with van der Waals surface area (Å²) in [6.45, 7) is 5.21. The number of rotatable bonds is 8. The third-order valence-electron chi connectivity index (χ3n) is 5.66. The molecule has 3 N–H and O–H groups in total. The molecule has 0 aliphatic carbocycles. The number of aryl methyl sites for hydroxylation is 1. The van der Waals surface area contributed by atoms with Crippen molar-refractivity contribution in [2.75, 3.05) is 48.8 Å². The minimum Gasteiger partial charge on any atom is -0.379 e. The molecule has 0 aromatic heterocycles. The van der Waals surface area contributed by atoms with Gasteiger partial charge in [-0.05, 0) is 48.9 Å². The molecule has 1 aliphatic rings. The fourth-order valence-corrected chi connectivity index (χ4v) is 3.78. The quantitative estimate of drug-likeness (QED) is 0.474. The van der Waals surface area contributed by atoms with Gasteiger partial charge in [0, 0.05) is 30.2 Å². The summed E-state index contributed by atoms with van der Waals surface area (Å²) >= 11 is 0. The van der Waals surface area contributed by atoms with Crippen molar-refractivity contribution in [1.29, 1.82) is 0 Å². The van der Waals surface area contributed by atoms with Crippen LogP contribution in [0.5, 0.6) is 0 Å². The maximum Gasteiger partial charge on any atom is 0.251 e. The van der Waals surface area contributed by atoms with E-state index < -0.39 is 6.04 Å². The lowest BCUT2D eigenvalue weighted by Crippen LogP contribution is -2.41. The molecule has 0 bridgehead atoms. The molecule has 34 heavy (non-hydrogen) atoms. The first-order valence-corrected chi connectivity index (χ1v) is 11.5. The Balaban J connectivity index is 1.41. The minimum absolute atomic E-state index is 0.0535. The van der Waals surface area contributed by atoms with Gasteiger partial charge in [-0.15, -0.1) is 0 Å². The smallest absolute Gasteiger partial charge is 0.251 e. The van der Waals surface area contributed by atoms with E-state index in [1.54, 1.807) is 0 Å². The van der Waals surface area contributed by atoms with Gasteiger partial charge in [-0.3, -0.25) is 14.5 Å². The second kappa shape index (κ2) is 11.4. The van der Waals surface area contributed by atoms with Crippen LogP contribution >= 0.6 is 0 Å². The fourth-order valence-electron chi connectivity index (χ4n) is 3.78. The van der Waals surface area contributed by atoms with E-state index in [4.69, 9.17) is 4.74 Å². The average molecular weight is 459 g/mol. The Kier molecular flexibility index (Phi) is 7.91. The number of anilines is 3. The van der Waals surface area contributed by atoms with Gasteiger partial charge in [-0.1, -0.05) is 48.0 Å². The molecule has 0 spiro atoms. The molecule has 4 rings (SSSR count). The first-order valence-electron chi connectivity index (χ1n) is 11.5. The van der Waals surface area contributed by atoms with E-state index in [0.717, 1.165) is 35.6 Å². The summed E-state index contributed by atoms with van der Waals surface area (Å²) in [5.41, 5.74) is 4.22. The van der Waals surface area contributed by atoms with E-state index in [-0.39, 0.29) is 11.8 Å². The highest BCUT2D eigenvalue weighted by atomic mass is 16.5. The Morgan fingerprint density at radius 3 is 2.09 bits per heavy atom. The lowest BCUT2D eigenvalue weighted by Gasteiger charge is -2.25. The highest BCUT2D eigenvalue weighted by Crippen LogP contribution is 2.23. The van der Waals surface area contributed by atoms with Crippen LogP contribution in [-0.4, -0.2) is 49.6 Å². The number of carbonyl (C=O) groups is 2. The van der Waals surface area contributed by atoms with Crippen LogP contribution in [0, 0.1) is 6.92 Å². The van der Waals surface area contributed by atoms with Crippen LogP contribution in [0.2, 0.25) is 0 Å². The highest BCUT2D eigenvalue weighted by Gasteiger charge is 2.21. The second-order valence-electron chi connectivity index (χ2n) is 8.36. The average Bonchev–Trinajstić information content (AvgIpc) is 2.86. The van der Waals surface area contributed by atoms with Crippen molar-refractivity contribution in [3.8, 4) is 0 Å². The zero-order valence-electron chi connectivity index (χ0n) is 19.3. The normalized spacial score (nSPS) is 14.7. The number of benzene rings is 3. The number of morpholine rings is 1. The number of hydrogen-bond donors (Lipinski definition) is 3. The monoisotopic (exact) mass is 458 g/mol. The molecule has 3 aromatic rings. The topological polar surface area (TPSA) is 82.7 Å². The standard InChI is InChI=1S/C27H30N4O3/c1-20-7-9-24(10-8-20)30-27(33)26(21-5-3-2-4-6-21)29-23-13-11-22(12-14-23)28-25(32)19-31-15-17-34-18-16-31/h2-14,26,29H,15-19H2,1H3,(H,28,32)(H,30,33)/t26-/m1/s1. The maximum absolute atomic E-state index is 13.2. The van der Waals surface area contributed by atoms with E-state index in [2.05, 4.69) is 20.9 Å². The molecule has 0 unspecified atom stereocenters. The van der Waals surface area contributed by atoms with Gasteiger partial charge >= 0.3 is 0 Å². The van der Waals surface area contributed by atoms with Gasteiger partial charge < -0.3 is 20.7 Å². The van der Waals surface area contributed by atoms with Gasteiger partial charge in [-0.2, -0.15) is 0 Å². The second-order valence-corrected chi connectivity index (χ2v) is 8.36. The molecule has 1 saturated heterocycles. The highest BCUT2D eigenvalue weighted by molar-refractivity contribution is 5.97. The van der Waals surface area contributed by atoms with E-state index in [9.17, 15) is 9.59 Å². The molecule has 7 heteroatoms. The fraction of sp³-hybridized carbons (Fsp3) is 0.259. The van der Waals surface area contributed by atoms with Crippen molar-refractivity contribution in [2.45, 2.75) is 13.0 Å². The molecule has 0 radical (unpaired) electrons. The van der Waals surface area contributed by atoms with Crippen LogP contribution in [0.4, 0.5) is 17.1 Å². The van der Waals surface area contributed by atoms with Crippen molar-refractivity contribution in [3.05, 3.63) is 90.0 Å². The van der Waals surface area contributed by atoms with Crippen molar-refractivity contribution in [3.63, 3.8) is 0 Å². The summed E-state index contributed by atoms with van der Waals surface area (Å²) in [7, 11) is 0. The number of nitrogens with one attached hydrogen (secondary N) is 3. The van der Waals surface area contributed by atoms with Crippen molar-refractivity contribution >= 4 is 28.9 Å². The van der Waals surface area contributed by atoms with Gasteiger partial charge in [0.25, 0.3) is 5.91 Å². The molecule has 7 nitrogen and oxygen atoms in total. The SMILES string of the molecule is Cc1ccc(NC(=O)[C@H](Nc2ccc(NC(=O)CN3CCOCC3)cc2)c2ccccc2)cc1. The predicted molar refractivity (Wildman–Crippen MR) is 135 cm³/mol. The number of nitrogens with zero attached hydrogens (tertiary/aromatic N) is 1. The van der Waals surface area contributed by atoms with Crippen LogP contribution in [-0.2, 0) is 14.3 Å². The molecule has 176 valence electrons. The summed E-state index contributed by atoms with van der Waals surface area (Å²) in [4.78, 5) is 27.6. The van der Waals surface area contributed by atoms with Crippen LogP contribution in [0.15, 0.2) is 78.9 Å². The van der Waals surface area contributed by atoms with Gasteiger partial charge in [0.15, 0.2) is 0 Å². The van der Waals surface area contributed by atoms with E-state index in [1.165, 1.54) is 0 Å². The largest absolute Gasteiger partial charge is 0.379 e. The summed E-state index contributed by atoms with van der Waals surface area (Å²) in [6, 6.07) is 24.1. The Bertz CT molecular complexity index is 1080. The van der Waals surface area contributed by atoms with Crippen LogP contribution in [0.25, 0.3) is 0 Å². The summed E-state index contributed by atoms with van der Waals surface area (Å²) in [5, 5.41) is 9.25. The summed E-state index contributed by atoms with van der Waals surface area (Å²) in [6.07, 6.45) is 0. The lowest BCUT2D eigenvalue weighted by molar-refractivity contribution is -0.118. The van der Waals surface area contributed by atoms with E-state index >= 15 is 0 Å². The van der Waals surface area contributed by atoms with Crippen molar-refractivity contribution in [2.24, 2.45) is 0 Å². The van der Waals surface area contributed by atoms with Gasteiger partial charge in [-0.25, -0.2) is 0 Å². The van der Waals surface area contributed by atoms with Crippen molar-refractivity contribution in [1.82, 2.24) is 4.90 Å². The number of amides is 2. The molecular weight excluding hydrogens is 428 g/mol. The number of carbonyl (C=O) groups excluding carboxylic acids is 2. The number of hydrogen-bond acceptors (Lipinski definition) is 5. The number of ether oxygens (including phenoxy) is 1. The van der Waals surface area contributed by atoms with Gasteiger partial charge in [0.2, 0.25) is 5.91 Å². The Labute approximate surface area is 200 Å². The summed E-state index contributed by atoms with van der Waals surface area (Å²) < 4.78 is 5.32. The molecule has 1 aliphatic heterocycles. The minimum atomic E-state index is -0.579. The van der Waals surface area contributed by atoms with Crippen LogP contribution < -0.4 is 16.0 Å². The van der Waals surface area contributed by atoms with Gasteiger partial charge in [0.05, 0.1) is 19.8 Å². The molecule has 1 fully saturated rings. The third-order valence-corrected chi connectivity index (χ3v) is 5.66.